The van der Waals surface area contributed by atoms with E-state index in [2.05, 4.69) is 10.2 Å². The van der Waals surface area contributed by atoms with Crippen LogP contribution in [-0.4, -0.2) is 20.6 Å². The van der Waals surface area contributed by atoms with Gasteiger partial charge >= 0.3 is 5.63 Å². The van der Waals surface area contributed by atoms with Gasteiger partial charge in [-0.3, -0.25) is 9.69 Å². The van der Waals surface area contributed by atoms with Crippen molar-refractivity contribution >= 4 is 11.4 Å². The number of aryl methyl sites for hydroxylation is 3. The maximum atomic E-state index is 12.4. The quantitative estimate of drug-likeness (QED) is 0.772. The molecule has 3 aromatic rings. The van der Waals surface area contributed by atoms with Crippen molar-refractivity contribution in [3.63, 3.8) is 0 Å². The topological polar surface area (TPSA) is 83.9 Å². The monoisotopic (exact) mass is 364 g/mol. The van der Waals surface area contributed by atoms with E-state index in [9.17, 15) is 9.90 Å². The summed E-state index contributed by atoms with van der Waals surface area (Å²) in [5.74, 6) is 0.249. The summed E-state index contributed by atoms with van der Waals surface area (Å²) in [6.45, 7) is 3.58. The van der Waals surface area contributed by atoms with Crippen LogP contribution in [0.3, 0.4) is 0 Å². The van der Waals surface area contributed by atoms with Crippen LogP contribution in [-0.2, 0) is 7.05 Å². The number of aromatic nitrogens is 2. The molecule has 7 nitrogen and oxygen atoms in total. The van der Waals surface area contributed by atoms with Crippen LogP contribution in [0, 0.1) is 13.8 Å². The number of anilines is 1. The van der Waals surface area contributed by atoms with Gasteiger partial charge in [0.15, 0.2) is 0 Å². The third-order valence-electron chi connectivity index (χ3n) is 4.68. The first-order valence-corrected chi connectivity index (χ1v) is 8.70. The van der Waals surface area contributed by atoms with Crippen LogP contribution < -0.4 is 10.6 Å². The van der Waals surface area contributed by atoms with E-state index in [0.717, 1.165) is 16.9 Å². The molecular formula is C20H20N4O3. The number of hydrogen-bond acceptors (Lipinski definition) is 6. The Morgan fingerprint density at radius 1 is 1.22 bits per heavy atom. The van der Waals surface area contributed by atoms with Crippen LogP contribution in [0.4, 0.5) is 5.69 Å². The second kappa shape index (κ2) is 6.42. The Bertz CT molecular complexity index is 1080. The van der Waals surface area contributed by atoms with Crippen LogP contribution >= 0.6 is 0 Å². The predicted molar refractivity (Wildman–Crippen MR) is 102 cm³/mol. The lowest BCUT2D eigenvalue weighted by Crippen LogP contribution is -2.19. The molecule has 0 saturated carbocycles. The van der Waals surface area contributed by atoms with Crippen LogP contribution in [0.2, 0.25) is 0 Å². The SMILES string of the molecule is Cc1cc(O)c(C2=NN(c3ccccc3)[C@H](c3cn(C)nc3C)C2)c(=O)o1. The van der Waals surface area contributed by atoms with Gasteiger partial charge in [-0.25, -0.2) is 4.79 Å². The van der Waals surface area contributed by atoms with Gasteiger partial charge in [0.1, 0.15) is 17.1 Å². The maximum absolute atomic E-state index is 12.4. The molecule has 0 spiro atoms. The molecule has 1 N–H and O–H groups in total. The fraction of sp³-hybridized carbons (Fsp3) is 0.250. The molecule has 2 aromatic heterocycles. The smallest absolute Gasteiger partial charge is 0.348 e. The highest BCUT2D eigenvalue weighted by atomic mass is 16.4. The lowest BCUT2D eigenvalue weighted by Gasteiger charge is -2.23. The molecule has 3 heterocycles. The summed E-state index contributed by atoms with van der Waals surface area (Å²) < 4.78 is 6.95. The molecule has 0 saturated heterocycles. The second-order valence-corrected chi connectivity index (χ2v) is 6.70. The first-order valence-electron chi connectivity index (χ1n) is 8.70. The molecular weight excluding hydrogens is 344 g/mol. The van der Waals surface area contributed by atoms with Crippen LogP contribution in [0.5, 0.6) is 5.75 Å². The third kappa shape index (κ3) is 3.01. The molecule has 138 valence electrons. The zero-order chi connectivity index (χ0) is 19.1. The van der Waals surface area contributed by atoms with Crippen molar-refractivity contribution in [1.29, 1.82) is 0 Å². The summed E-state index contributed by atoms with van der Waals surface area (Å²) in [5, 5.41) is 21.3. The van der Waals surface area contributed by atoms with Crippen molar-refractivity contribution in [1.82, 2.24) is 9.78 Å². The van der Waals surface area contributed by atoms with E-state index in [1.807, 2.05) is 55.5 Å². The van der Waals surface area contributed by atoms with Gasteiger partial charge in [-0.1, -0.05) is 18.2 Å². The highest BCUT2D eigenvalue weighted by Gasteiger charge is 2.34. The van der Waals surface area contributed by atoms with E-state index < -0.39 is 5.63 Å². The first-order chi connectivity index (χ1) is 12.9. The minimum atomic E-state index is -0.581. The van der Waals surface area contributed by atoms with Crippen LogP contribution in [0.1, 0.15) is 35.0 Å². The number of nitrogens with zero attached hydrogens (tertiary/aromatic N) is 4. The van der Waals surface area contributed by atoms with Gasteiger partial charge < -0.3 is 9.52 Å². The highest BCUT2D eigenvalue weighted by molar-refractivity contribution is 6.04. The average Bonchev–Trinajstić information content (AvgIpc) is 3.18. The Hall–Kier alpha value is -3.35. The van der Waals surface area contributed by atoms with E-state index >= 15 is 0 Å². The second-order valence-electron chi connectivity index (χ2n) is 6.70. The number of aromatic hydroxyl groups is 1. The minimum Gasteiger partial charge on any atom is -0.507 e. The molecule has 0 bridgehead atoms. The van der Waals surface area contributed by atoms with Gasteiger partial charge in [0, 0.05) is 31.3 Å². The van der Waals surface area contributed by atoms with Crippen molar-refractivity contribution in [2.75, 3.05) is 5.01 Å². The maximum Gasteiger partial charge on any atom is 0.348 e. The Morgan fingerprint density at radius 3 is 2.59 bits per heavy atom. The van der Waals surface area contributed by atoms with E-state index in [1.54, 1.807) is 11.6 Å². The minimum absolute atomic E-state index is 0.112. The molecule has 1 aliphatic heterocycles. The Balaban J connectivity index is 1.84. The van der Waals surface area contributed by atoms with Gasteiger partial charge in [0.05, 0.1) is 23.1 Å². The summed E-state index contributed by atoms with van der Waals surface area (Å²) in [4.78, 5) is 12.4. The van der Waals surface area contributed by atoms with Gasteiger partial charge in [-0.15, -0.1) is 0 Å². The third-order valence-corrected chi connectivity index (χ3v) is 4.68. The molecule has 0 fully saturated rings. The average molecular weight is 364 g/mol. The standard InChI is InChI=1S/C20H20N4O3/c1-12-9-18(25)19(20(26)27-12)16-10-17(15-11-23(3)21-13(15)2)24(22-16)14-7-5-4-6-8-14/h4-9,11,17,25H,10H2,1-3H3/t17-/m0/s1. The van der Waals surface area contributed by atoms with Gasteiger partial charge in [0.2, 0.25) is 0 Å². The lowest BCUT2D eigenvalue weighted by atomic mass is 9.99. The molecule has 7 heteroatoms. The predicted octanol–water partition coefficient (Wildman–Crippen LogP) is 3.05. The molecule has 0 radical (unpaired) electrons. The summed E-state index contributed by atoms with van der Waals surface area (Å²) in [6, 6.07) is 11.0. The van der Waals surface area contributed by atoms with Crippen LogP contribution in [0.15, 0.2) is 56.9 Å². The lowest BCUT2D eigenvalue weighted by molar-refractivity contribution is 0.432. The zero-order valence-electron chi connectivity index (χ0n) is 15.4. The summed E-state index contributed by atoms with van der Waals surface area (Å²) >= 11 is 0. The molecule has 0 aliphatic carbocycles. The first kappa shape index (κ1) is 17.1. The molecule has 0 unspecified atom stereocenters. The van der Waals surface area contributed by atoms with Crippen molar-refractivity contribution in [3.8, 4) is 5.75 Å². The van der Waals surface area contributed by atoms with E-state index in [0.29, 0.717) is 17.9 Å². The van der Waals surface area contributed by atoms with Gasteiger partial charge in [-0.05, 0) is 26.0 Å². The number of para-hydroxylation sites is 1. The molecule has 0 amide bonds. The fourth-order valence-corrected chi connectivity index (χ4v) is 3.53. The molecule has 1 atom stereocenters. The van der Waals surface area contributed by atoms with Gasteiger partial charge in [0.25, 0.3) is 0 Å². The zero-order valence-corrected chi connectivity index (χ0v) is 15.4. The van der Waals surface area contributed by atoms with Gasteiger partial charge in [-0.2, -0.15) is 10.2 Å². The number of hydrazone groups is 1. The molecule has 1 aromatic carbocycles. The number of hydrogen-bond donors (Lipinski definition) is 1. The Morgan fingerprint density at radius 2 is 1.96 bits per heavy atom. The molecule has 1 aliphatic rings. The largest absolute Gasteiger partial charge is 0.507 e. The molecule has 27 heavy (non-hydrogen) atoms. The van der Waals surface area contributed by atoms with Crippen molar-refractivity contribution in [2.45, 2.75) is 26.3 Å². The van der Waals surface area contributed by atoms with Crippen molar-refractivity contribution in [2.24, 2.45) is 12.1 Å². The number of benzene rings is 1. The Kier molecular flexibility index (Phi) is 4.07. The summed E-state index contributed by atoms with van der Waals surface area (Å²) in [7, 11) is 1.88. The Labute approximate surface area is 156 Å². The van der Waals surface area contributed by atoms with Crippen molar-refractivity contribution in [3.05, 3.63) is 75.6 Å². The van der Waals surface area contributed by atoms with Crippen LogP contribution in [0.25, 0.3) is 0 Å². The highest BCUT2D eigenvalue weighted by Crippen LogP contribution is 2.38. The number of rotatable bonds is 3. The fourth-order valence-electron chi connectivity index (χ4n) is 3.53. The molecule has 4 rings (SSSR count). The normalized spacial score (nSPS) is 16.6. The van der Waals surface area contributed by atoms with E-state index in [-0.39, 0.29) is 17.4 Å². The summed E-state index contributed by atoms with van der Waals surface area (Å²) in [6.07, 6.45) is 2.43. The summed E-state index contributed by atoms with van der Waals surface area (Å²) in [5.41, 5.74) is 2.86. The van der Waals surface area contributed by atoms with E-state index in [1.165, 1.54) is 6.07 Å². The van der Waals surface area contributed by atoms with E-state index in [4.69, 9.17) is 4.42 Å². The van der Waals surface area contributed by atoms with Crippen molar-refractivity contribution < 1.29 is 9.52 Å².